The monoisotopic (exact) mass is 320 g/mol. The smallest absolute Gasteiger partial charge is 0.456 e. The molecule has 0 spiro atoms. The summed E-state index contributed by atoms with van der Waals surface area (Å²) in [6.07, 6.45) is -9.56. The van der Waals surface area contributed by atoms with Gasteiger partial charge in [0.25, 0.3) is 0 Å². The molecule has 0 aliphatic rings. The lowest BCUT2D eigenvalue weighted by molar-refractivity contribution is -0.305. The number of phenolic OH excluding ortho intramolecular Hbond substituents is 1. The van der Waals surface area contributed by atoms with Crippen LogP contribution in [0.5, 0.6) is 5.75 Å². The van der Waals surface area contributed by atoms with Crippen molar-refractivity contribution in [3.8, 4) is 16.9 Å². The van der Waals surface area contributed by atoms with Crippen molar-refractivity contribution in [2.24, 2.45) is 0 Å². The molecular weight excluding hydrogens is 310 g/mol. The van der Waals surface area contributed by atoms with Crippen molar-refractivity contribution in [2.45, 2.75) is 18.3 Å². The Bertz CT molecular complexity index is 651. The second kappa shape index (κ2) is 5.55. The highest BCUT2D eigenvalue weighted by Gasteiger charge is 2.63. The molecule has 0 saturated heterocycles. The molecule has 0 amide bonds. The average molecular weight is 320 g/mol. The van der Waals surface area contributed by atoms with E-state index in [2.05, 4.69) is 0 Å². The third kappa shape index (κ3) is 2.88. The van der Waals surface area contributed by atoms with E-state index in [1.54, 1.807) is 18.2 Å². The molecule has 1 nitrogen and oxygen atoms in total. The Balaban J connectivity index is 2.47. The van der Waals surface area contributed by atoms with Crippen molar-refractivity contribution in [3.63, 3.8) is 0 Å². The molecular formula is C15H10F6O. The van der Waals surface area contributed by atoms with Gasteiger partial charge in [-0.25, -0.2) is 4.39 Å². The Hall–Kier alpha value is -2.18. The maximum Gasteiger partial charge on any atom is 0.456 e. The number of halogens is 6. The highest BCUT2D eigenvalue weighted by atomic mass is 19.4. The minimum atomic E-state index is -6.00. The SMILES string of the molecule is Oc1ccc(C(F)C(F)(F)C(F)(F)F)cc1-c1ccccc1. The zero-order chi connectivity index (χ0) is 16.5. The molecule has 7 heteroatoms. The van der Waals surface area contributed by atoms with E-state index in [0.717, 1.165) is 12.1 Å². The van der Waals surface area contributed by atoms with E-state index in [-0.39, 0.29) is 11.3 Å². The van der Waals surface area contributed by atoms with Crippen LogP contribution in [-0.4, -0.2) is 17.2 Å². The standard InChI is InChI=1S/C15H10F6O/c16-13(14(17,18)15(19,20)21)10-6-7-12(22)11(8-10)9-4-2-1-3-5-9/h1-8,13,22H. The Kier molecular flexibility index (Phi) is 4.08. The van der Waals surface area contributed by atoms with E-state index in [4.69, 9.17) is 0 Å². The number of benzene rings is 2. The van der Waals surface area contributed by atoms with E-state index in [1.807, 2.05) is 0 Å². The molecule has 2 aromatic rings. The van der Waals surface area contributed by atoms with Crippen LogP contribution in [0.25, 0.3) is 11.1 Å². The molecule has 0 bridgehead atoms. The predicted molar refractivity (Wildman–Crippen MR) is 68.4 cm³/mol. The van der Waals surface area contributed by atoms with Crippen LogP contribution in [0, 0.1) is 0 Å². The number of hydrogen-bond acceptors (Lipinski definition) is 1. The number of alkyl halides is 6. The molecule has 0 fully saturated rings. The van der Waals surface area contributed by atoms with Crippen molar-refractivity contribution < 1.29 is 31.4 Å². The van der Waals surface area contributed by atoms with Crippen LogP contribution in [0.4, 0.5) is 26.3 Å². The van der Waals surface area contributed by atoms with Crippen LogP contribution >= 0.6 is 0 Å². The molecule has 1 atom stereocenters. The quantitative estimate of drug-likeness (QED) is 0.764. The fourth-order valence-corrected chi connectivity index (χ4v) is 1.91. The van der Waals surface area contributed by atoms with Gasteiger partial charge in [-0.05, 0) is 23.3 Å². The zero-order valence-electron chi connectivity index (χ0n) is 10.9. The van der Waals surface area contributed by atoms with Crippen LogP contribution in [0.15, 0.2) is 48.5 Å². The van der Waals surface area contributed by atoms with Gasteiger partial charge in [0.2, 0.25) is 0 Å². The largest absolute Gasteiger partial charge is 0.507 e. The average Bonchev–Trinajstić information content (AvgIpc) is 2.46. The fraction of sp³-hybridized carbons (Fsp3) is 0.200. The normalized spacial score (nSPS) is 13.9. The first kappa shape index (κ1) is 16.2. The number of hydrogen-bond donors (Lipinski definition) is 1. The first-order valence-electron chi connectivity index (χ1n) is 6.11. The summed E-state index contributed by atoms with van der Waals surface area (Å²) in [4.78, 5) is 0. The third-order valence-corrected chi connectivity index (χ3v) is 3.09. The highest BCUT2D eigenvalue weighted by Crippen LogP contribution is 2.47. The Labute approximate surface area is 121 Å². The second-order valence-corrected chi connectivity index (χ2v) is 4.63. The number of phenols is 1. The van der Waals surface area contributed by atoms with Gasteiger partial charge in [-0.1, -0.05) is 36.4 Å². The first-order valence-corrected chi connectivity index (χ1v) is 6.11. The number of aromatic hydroxyl groups is 1. The van der Waals surface area contributed by atoms with E-state index >= 15 is 0 Å². The molecule has 0 heterocycles. The second-order valence-electron chi connectivity index (χ2n) is 4.63. The fourth-order valence-electron chi connectivity index (χ4n) is 1.91. The van der Waals surface area contributed by atoms with Crippen LogP contribution in [0.2, 0.25) is 0 Å². The van der Waals surface area contributed by atoms with Gasteiger partial charge in [0.15, 0.2) is 6.17 Å². The molecule has 0 radical (unpaired) electrons. The molecule has 2 aromatic carbocycles. The maximum absolute atomic E-state index is 13.7. The minimum absolute atomic E-state index is 0.0290. The Morgan fingerprint density at radius 2 is 1.45 bits per heavy atom. The predicted octanol–water partition coefficient (Wildman–Crippen LogP) is 5.27. The molecule has 0 saturated carbocycles. The molecule has 2 rings (SSSR count). The molecule has 1 unspecified atom stereocenters. The maximum atomic E-state index is 13.7. The minimum Gasteiger partial charge on any atom is -0.507 e. The van der Waals surface area contributed by atoms with Gasteiger partial charge in [-0.3, -0.25) is 0 Å². The van der Waals surface area contributed by atoms with Crippen molar-refractivity contribution in [2.75, 3.05) is 0 Å². The summed E-state index contributed by atoms with van der Waals surface area (Å²) in [6.45, 7) is 0. The van der Waals surface area contributed by atoms with Crippen molar-refractivity contribution in [1.29, 1.82) is 0 Å². The molecule has 118 valence electrons. The summed E-state index contributed by atoms with van der Waals surface area (Å²) in [5.74, 6) is -5.87. The molecule has 1 N–H and O–H groups in total. The summed E-state index contributed by atoms with van der Waals surface area (Å²) in [5, 5.41) is 9.70. The number of rotatable bonds is 3. The van der Waals surface area contributed by atoms with Crippen LogP contribution < -0.4 is 0 Å². The lowest BCUT2D eigenvalue weighted by atomic mass is 9.97. The van der Waals surface area contributed by atoms with Crippen molar-refractivity contribution in [1.82, 2.24) is 0 Å². The van der Waals surface area contributed by atoms with Crippen LogP contribution in [-0.2, 0) is 0 Å². The zero-order valence-corrected chi connectivity index (χ0v) is 10.9. The van der Waals surface area contributed by atoms with E-state index in [9.17, 15) is 31.4 Å². The summed E-state index contributed by atoms with van der Waals surface area (Å²) < 4.78 is 76.5. The molecule has 0 aliphatic carbocycles. The summed E-state index contributed by atoms with van der Waals surface area (Å²) >= 11 is 0. The highest BCUT2D eigenvalue weighted by molar-refractivity contribution is 5.70. The van der Waals surface area contributed by atoms with E-state index < -0.39 is 23.8 Å². The van der Waals surface area contributed by atoms with E-state index in [1.165, 1.54) is 12.1 Å². The van der Waals surface area contributed by atoms with Gasteiger partial charge >= 0.3 is 12.1 Å². The first-order chi connectivity index (χ1) is 10.1. The Morgan fingerprint density at radius 3 is 2.00 bits per heavy atom. The lowest BCUT2D eigenvalue weighted by Crippen LogP contribution is -2.40. The third-order valence-electron chi connectivity index (χ3n) is 3.09. The molecule has 22 heavy (non-hydrogen) atoms. The van der Waals surface area contributed by atoms with Crippen molar-refractivity contribution >= 4 is 0 Å². The van der Waals surface area contributed by atoms with Gasteiger partial charge < -0.3 is 5.11 Å². The summed E-state index contributed by atoms with van der Waals surface area (Å²) in [7, 11) is 0. The Morgan fingerprint density at radius 1 is 0.864 bits per heavy atom. The summed E-state index contributed by atoms with van der Waals surface area (Å²) in [6, 6.07) is 10.2. The summed E-state index contributed by atoms with van der Waals surface area (Å²) in [5.41, 5.74) is -0.526. The van der Waals surface area contributed by atoms with Gasteiger partial charge in [0, 0.05) is 5.56 Å². The van der Waals surface area contributed by atoms with Crippen LogP contribution in [0.1, 0.15) is 11.7 Å². The lowest BCUT2D eigenvalue weighted by Gasteiger charge is -2.23. The van der Waals surface area contributed by atoms with Gasteiger partial charge in [-0.2, -0.15) is 22.0 Å². The van der Waals surface area contributed by atoms with Gasteiger partial charge in [0.1, 0.15) is 5.75 Å². The van der Waals surface area contributed by atoms with Gasteiger partial charge in [0.05, 0.1) is 0 Å². The van der Waals surface area contributed by atoms with Crippen molar-refractivity contribution in [3.05, 3.63) is 54.1 Å². The molecule has 0 aromatic heterocycles. The topological polar surface area (TPSA) is 20.2 Å². The van der Waals surface area contributed by atoms with E-state index in [0.29, 0.717) is 11.6 Å². The van der Waals surface area contributed by atoms with Crippen LogP contribution in [0.3, 0.4) is 0 Å². The molecule has 0 aliphatic heterocycles. The van der Waals surface area contributed by atoms with Gasteiger partial charge in [-0.15, -0.1) is 0 Å².